The number of nitrogens with zero attached hydrogens (tertiary/aromatic N) is 1. The Hall–Kier alpha value is -2.21. The van der Waals surface area contributed by atoms with Crippen LogP contribution in [0.2, 0.25) is 0 Å². The van der Waals surface area contributed by atoms with Gasteiger partial charge < -0.3 is 10.2 Å². The number of rotatable bonds is 3. The zero-order chi connectivity index (χ0) is 17.1. The third-order valence-electron chi connectivity index (χ3n) is 4.03. The first-order valence-corrected chi connectivity index (χ1v) is 8.47. The lowest BCUT2D eigenvalue weighted by atomic mass is 10.1. The van der Waals surface area contributed by atoms with Gasteiger partial charge in [0.25, 0.3) is 5.91 Å². The number of hydrogen-bond acceptors (Lipinski definition) is 2. The molecule has 4 nitrogen and oxygen atoms in total. The third-order valence-corrected chi connectivity index (χ3v) is 4.52. The van der Waals surface area contributed by atoms with Crippen molar-refractivity contribution >= 4 is 33.4 Å². The predicted molar refractivity (Wildman–Crippen MR) is 93.2 cm³/mol. The summed E-state index contributed by atoms with van der Waals surface area (Å²) in [6.45, 7) is 0.522. The highest BCUT2D eigenvalue weighted by molar-refractivity contribution is 9.10. The molecule has 1 heterocycles. The van der Waals surface area contributed by atoms with E-state index in [9.17, 15) is 14.0 Å². The Morgan fingerprint density at radius 1 is 1.17 bits per heavy atom. The van der Waals surface area contributed by atoms with Gasteiger partial charge in [-0.25, -0.2) is 4.39 Å². The number of benzene rings is 2. The Kier molecular flexibility index (Phi) is 4.94. The number of carbonyl (C=O) groups excluding carboxylic acids is 2. The molecular formula is C18H16BrFN2O2. The molecule has 0 bridgehead atoms. The van der Waals surface area contributed by atoms with Crippen molar-refractivity contribution in [2.45, 2.75) is 18.9 Å². The van der Waals surface area contributed by atoms with Crippen molar-refractivity contribution in [1.82, 2.24) is 4.90 Å². The second kappa shape index (κ2) is 7.13. The van der Waals surface area contributed by atoms with Crippen LogP contribution < -0.4 is 5.32 Å². The van der Waals surface area contributed by atoms with Crippen LogP contribution in [0.5, 0.6) is 0 Å². The smallest absolute Gasteiger partial charge is 0.254 e. The van der Waals surface area contributed by atoms with Gasteiger partial charge in [0.05, 0.1) is 5.69 Å². The lowest BCUT2D eigenvalue weighted by Crippen LogP contribution is -2.43. The minimum absolute atomic E-state index is 0.113. The van der Waals surface area contributed by atoms with E-state index in [0.29, 0.717) is 23.0 Å². The van der Waals surface area contributed by atoms with Crippen molar-refractivity contribution in [3.05, 3.63) is 64.4 Å². The van der Waals surface area contributed by atoms with Gasteiger partial charge in [-0.2, -0.15) is 0 Å². The van der Waals surface area contributed by atoms with Crippen molar-refractivity contribution in [3.63, 3.8) is 0 Å². The molecule has 124 valence electrons. The maximum atomic E-state index is 13.9. The van der Waals surface area contributed by atoms with Crippen molar-refractivity contribution in [3.8, 4) is 0 Å². The van der Waals surface area contributed by atoms with Crippen molar-refractivity contribution < 1.29 is 14.0 Å². The Morgan fingerprint density at radius 3 is 2.62 bits per heavy atom. The van der Waals surface area contributed by atoms with E-state index >= 15 is 0 Å². The third kappa shape index (κ3) is 3.48. The normalized spacial score (nSPS) is 16.9. The summed E-state index contributed by atoms with van der Waals surface area (Å²) in [5, 5.41) is 2.59. The summed E-state index contributed by atoms with van der Waals surface area (Å²) < 4.78 is 14.5. The van der Waals surface area contributed by atoms with Gasteiger partial charge in [0, 0.05) is 16.6 Å². The molecule has 24 heavy (non-hydrogen) atoms. The fourth-order valence-corrected chi connectivity index (χ4v) is 3.17. The van der Waals surface area contributed by atoms with E-state index in [4.69, 9.17) is 0 Å². The molecule has 3 rings (SSSR count). The molecule has 1 saturated heterocycles. The van der Waals surface area contributed by atoms with Crippen LogP contribution in [0, 0.1) is 5.82 Å². The fourth-order valence-electron chi connectivity index (χ4n) is 2.84. The summed E-state index contributed by atoms with van der Waals surface area (Å²) in [5.41, 5.74) is 0.661. The Balaban J connectivity index is 1.75. The van der Waals surface area contributed by atoms with Crippen molar-refractivity contribution in [2.24, 2.45) is 0 Å². The van der Waals surface area contributed by atoms with Gasteiger partial charge in [-0.3, -0.25) is 9.59 Å². The summed E-state index contributed by atoms with van der Waals surface area (Å²) in [7, 11) is 0. The zero-order valence-corrected chi connectivity index (χ0v) is 14.4. The lowest BCUT2D eigenvalue weighted by molar-refractivity contribution is -0.119. The summed E-state index contributed by atoms with van der Waals surface area (Å²) in [6.07, 6.45) is 1.32. The zero-order valence-electron chi connectivity index (χ0n) is 12.8. The van der Waals surface area contributed by atoms with Gasteiger partial charge >= 0.3 is 0 Å². The average Bonchev–Trinajstić information content (AvgIpc) is 3.07. The summed E-state index contributed by atoms with van der Waals surface area (Å²) in [5.74, 6) is -1.06. The van der Waals surface area contributed by atoms with Crippen LogP contribution in [0.4, 0.5) is 10.1 Å². The molecule has 2 aromatic carbocycles. The summed E-state index contributed by atoms with van der Waals surface area (Å²) in [6, 6.07) is 12.7. The molecule has 2 aromatic rings. The summed E-state index contributed by atoms with van der Waals surface area (Å²) >= 11 is 3.18. The molecule has 2 amide bonds. The van der Waals surface area contributed by atoms with Crippen molar-refractivity contribution in [2.75, 3.05) is 11.9 Å². The molecule has 0 aliphatic carbocycles. The molecule has 0 saturated carbocycles. The van der Waals surface area contributed by atoms with Crippen LogP contribution >= 0.6 is 15.9 Å². The molecule has 1 aliphatic rings. The van der Waals surface area contributed by atoms with Crippen LogP contribution in [-0.4, -0.2) is 29.3 Å². The first-order valence-electron chi connectivity index (χ1n) is 7.68. The maximum Gasteiger partial charge on any atom is 0.254 e. The van der Waals surface area contributed by atoms with Crippen molar-refractivity contribution in [1.29, 1.82) is 0 Å². The first-order chi connectivity index (χ1) is 11.6. The highest BCUT2D eigenvalue weighted by Gasteiger charge is 2.34. The molecule has 1 N–H and O–H groups in total. The van der Waals surface area contributed by atoms with Crippen LogP contribution in [0.1, 0.15) is 23.2 Å². The van der Waals surface area contributed by atoms with Crippen LogP contribution in [0.15, 0.2) is 53.0 Å². The Morgan fingerprint density at radius 2 is 1.92 bits per heavy atom. The van der Waals surface area contributed by atoms with Gasteiger partial charge in [0.1, 0.15) is 11.9 Å². The average molecular weight is 391 g/mol. The number of anilines is 1. The molecule has 1 aliphatic heterocycles. The van der Waals surface area contributed by atoms with Crippen LogP contribution in [0.3, 0.4) is 0 Å². The SMILES string of the molecule is O=C(Nc1ccc(Br)cc1F)[C@H]1CCCN1C(=O)c1ccccc1. The predicted octanol–water partition coefficient (Wildman–Crippen LogP) is 3.83. The topological polar surface area (TPSA) is 49.4 Å². The molecule has 0 unspecified atom stereocenters. The van der Waals surface area contributed by atoms with E-state index in [0.717, 1.165) is 6.42 Å². The minimum atomic E-state index is -0.583. The van der Waals surface area contributed by atoms with Gasteiger partial charge in [0.15, 0.2) is 0 Å². The molecule has 0 radical (unpaired) electrons. The van der Waals surface area contributed by atoms with Gasteiger partial charge in [-0.1, -0.05) is 34.1 Å². The van der Waals surface area contributed by atoms with Gasteiger partial charge in [-0.05, 0) is 43.2 Å². The minimum Gasteiger partial charge on any atom is -0.327 e. The standard InChI is InChI=1S/C18H16BrFN2O2/c19-13-8-9-15(14(20)11-13)21-17(23)16-7-4-10-22(16)18(24)12-5-2-1-3-6-12/h1-3,5-6,8-9,11,16H,4,7,10H2,(H,21,23)/t16-/m1/s1. The first kappa shape index (κ1) is 16.6. The second-order valence-corrected chi connectivity index (χ2v) is 6.55. The van der Waals surface area contributed by atoms with Gasteiger partial charge in [0.2, 0.25) is 5.91 Å². The van der Waals surface area contributed by atoms with E-state index in [1.165, 1.54) is 12.1 Å². The Bertz CT molecular complexity index is 767. The second-order valence-electron chi connectivity index (χ2n) is 5.64. The number of nitrogens with one attached hydrogen (secondary N) is 1. The largest absolute Gasteiger partial charge is 0.327 e. The van der Waals surface area contributed by atoms with E-state index in [2.05, 4.69) is 21.2 Å². The molecule has 0 spiro atoms. The van der Waals surface area contributed by atoms with Crippen LogP contribution in [-0.2, 0) is 4.79 Å². The maximum absolute atomic E-state index is 13.9. The van der Waals surface area contributed by atoms with Gasteiger partial charge in [-0.15, -0.1) is 0 Å². The number of amides is 2. The number of carbonyl (C=O) groups is 2. The highest BCUT2D eigenvalue weighted by Crippen LogP contribution is 2.24. The molecule has 1 atom stereocenters. The molecule has 0 aromatic heterocycles. The quantitative estimate of drug-likeness (QED) is 0.865. The number of halogens is 2. The van der Waals surface area contributed by atoms with E-state index < -0.39 is 11.9 Å². The molecule has 1 fully saturated rings. The van der Waals surface area contributed by atoms with E-state index in [-0.39, 0.29) is 17.5 Å². The van der Waals surface area contributed by atoms with E-state index in [1.807, 2.05) is 6.07 Å². The lowest BCUT2D eigenvalue weighted by Gasteiger charge is -2.24. The number of hydrogen-bond donors (Lipinski definition) is 1. The van der Waals surface area contributed by atoms with E-state index in [1.54, 1.807) is 35.2 Å². The highest BCUT2D eigenvalue weighted by atomic mass is 79.9. The monoisotopic (exact) mass is 390 g/mol. The van der Waals surface area contributed by atoms with Crippen LogP contribution in [0.25, 0.3) is 0 Å². The Labute approximate surface area is 147 Å². The summed E-state index contributed by atoms with van der Waals surface area (Å²) in [4.78, 5) is 26.7. The molecule has 6 heteroatoms. The fraction of sp³-hybridized carbons (Fsp3) is 0.222. The number of likely N-dealkylation sites (tertiary alicyclic amines) is 1. The molecular weight excluding hydrogens is 375 g/mol.